The van der Waals surface area contributed by atoms with Gasteiger partial charge >= 0.3 is 0 Å². The summed E-state index contributed by atoms with van der Waals surface area (Å²) < 4.78 is 0. The highest BCUT2D eigenvalue weighted by atomic mass is 35.5. The third-order valence-electron chi connectivity index (χ3n) is 3.12. The normalized spacial score (nSPS) is 11.1. The van der Waals surface area contributed by atoms with E-state index < -0.39 is 4.92 Å². The lowest BCUT2D eigenvalue weighted by atomic mass is 10.1. The largest absolute Gasteiger partial charge is 0.273 e. The Morgan fingerprint density at radius 3 is 2.35 bits per heavy atom. The lowest BCUT2D eigenvalue weighted by molar-refractivity contribution is -0.384. The van der Waals surface area contributed by atoms with Gasteiger partial charge in [-0.05, 0) is 42.3 Å². The minimum Gasteiger partial charge on any atom is -0.273 e. The van der Waals surface area contributed by atoms with E-state index in [9.17, 15) is 14.9 Å². The molecule has 1 N–H and O–H groups in total. The number of benzene rings is 2. The zero-order valence-corrected chi connectivity index (χ0v) is 13.1. The Morgan fingerprint density at radius 2 is 1.78 bits per heavy atom. The summed E-state index contributed by atoms with van der Waals surface area (Å²) in [6.45, 7) is 1.71. The number of nitrogens with zero attached hydrogens (tertiary/aromatic N) is 2. The molecule has 0 bridgehead atoms. The van der Waals surface area contributed by atoms with Crippen molar-refractivity contribution >= 4 is 28.9 Å². The lowest BCUT2D eigenvalue weighted by Crippen LogP contribution is -2.21. The first-order valence-electron chi connectivity index (χ1n) is 6.78. The molecule has 1 amide bonds. The van der Waals surface area contributed by atoms with E-state index in [1.165, 1.54) is 12.1 Å². The van der Waals surface area contributed by atoms with E-state index in [0.29, 0.717) is 16.3 Å². The Kier molecular flexibility index (Phi) is 5.43. The maximum Gasteiger partial charge on any atom is 0.269 e. The summed E-state index contributed by atoms with van der Waals surface area (Å²) in [4.78, 5) is 22.0. The molecule has 0 atom stereocenters. The fourth-order valence-electron chi connectivity index (χ4n) is 1.86. The zero-order valence-electron chi connectivity index (χ0n) is 12.3. The van der Waals surface area contributed by atoms with Crippen LogP contribution in [0.25, 0.3) is 0 Å². The van der Waals surface area contributed by atoms with Crippen LogP contribution in [0.1, 0.15) is 18.1 Å². The lowest BCUT2D eigenvalue weighted by Gasteiger charge is -2.03. The van der Waals surface area contributed by atoms with Gasteiger partial charge in [-0.1, -0.05) is 23.7 Å². The van der Waals surface area contributed by atoms with Gasteiger partial charge in [0, 0.05) is 17.2 Å². The van der Waals surface area contributed by atoms with E-state index in [1.807, 2.05) is 0 Å². The van der Waals surface area contributed by atoms with Crippen LogP contribution in [0, 0.1) is 10.1 Å². The van der Waals surface area contributed by atoms with Crippen LogP contribution in [-0.4, -0.2) is 16.5 Å². The highest BCUT2D eigenvalue weighted by Crippen LogP contribution is 2.12. The minimum atomic E-state index is -0.468. The first kappa shape index (κ1) is 16.6. The highest BCUT2D eigenvalue weighted by Gasteiger charge is 2.06. The average Bonchev–Trinajstić information content (AvgIpc) is 2.55. The molecule has 0 aliphatic carbocycles. The van der Waals surface area contributed by atoms with Gasteiger partial charge in [-0.15, -0.1) is 0 Å². The monoisotopic (exact) mass is 331 g/mol. The number of nitro groups is 1. The predicted octanol–water partition coefficient (Wildman–Crippen LogP) is 3.33. The Hall–Kier alpha value is -2.73. The summed E-state index contributed by atoms with van der Waals surface area (Å²) in [5.74, 6) is -0.256. The van der Waals surface area contributed by atoms with Crippen molar-refractivity contribution in [3.05, 3.63) is 74.8 Å². The Balaban J connectivity index is 1.96. The number of carbonyl (C=O) groups excluding carboxylic acids is 1. The first-order chi connectivity index (χ1) is 11.0. The van der Waals surface area contributed by atoms with Crippen molar-refractivity contribution < 1.29 is 9.72 Å². The number of hydrazone groups is 1. The molecule has 0 saturated heterocycles. The Bertz CT molecular complexity index is 740. The Morgan fingerprint density at radius 1 is 1.17 bits per heavy atom. The van der Waals surface area contributed by atoms with Crippen LogP contribution >= 0.6 is 11.6 Å². The maximum absolute atomic E-state index is 11.8. The molecule has 0 aliphatic heterocycles. The van der Waals surface area contributed by atoms with Crippen LogP contribution in [0.5, 0.6) is 0 Å². The average molecular weight is 332 g/mol. The van der Waals surface area contributed by atoms with Crippen LogP contribution in [0.2, 0.25) is 5.02 Å². The van der Waals surface area contributed by atoms with Crippen LogP contribution in [0.4, 0.5) is 5.69 Å². The number of non-ortho nitro benzene ring substituents is 1. The first-order valence-corrected chi connectivity index (χ1v) is 7.16. The van der Waals surface area contributed by atoms with Crippen LogP contribution < -0.4 is 5.43 Å². The molecule has 6 nitrogen and oxygen atoms in total. The fraction of sp³-hybridized carbons (Fsp3) is 0.125. The second-order valence-electron chi connectivity index (χ2n) is 4.84. The molecule has 0 aromatic heterocycles. The number of hydrogen-bond donors (Lipinski definition) is 1. The molecule has 23 heavy (non-hydrogen) atoms. The number of halogens is 1. The topological polar surface area (TPSA) is 84.6 Å². The van der Waals surface area contributed by atoms with E-state index in [2.05, 4.69) is 10.5 Å². The number of nitrogens with one attached hydrogen (secondary N) is 1. The van der Waals surface area contributed by atoms with Gasteiger partial charge in [-0.25, -0.2) is 5.43 Å². The van der Waals surface area contributed by atoms with Crippen molar-refractivity contribution in [2.75, 3.05) is 0 Å². The third kappa shape index (κ3) is 4.89. The Labute approximate surface area is 137 Å². The molecule has 0 saturated carbocycles. The summed E-state index contributed by atoms with van der Waals surface area (Å²) in [7, 11) is 0. The summed E-state index contributed by atoms with van der Waals surface area (Å²) in [5, 5.41) is 15.2. The molecule has 7 heteroatoms. The van der Waals surface area contributed by atoms with Gasteiger partial charge in [0.05, 0.1) is 17.1 Å². The van der Waals surface area contributed by atoms with E-state index in [-0.39, 0.29) is 18.0 Å². The summed E-state index contributed by atoms with van der Waals surface area (Å²) >= 11 is 5.78. The number of rotatable bonds is 5. The summed E-state index contributed by atoms with van der Waals surface area (Å²) in [6, 6.07) is 12.9. The molecule has 118 valence electrons. The standard InChI is InChI=1S/C16H14ClN3O3/c1-11(13-4-8-15(9-5-13)20(22)23)18-19-16(21)10-12-2-6-14(17)7-3-12/h2-9H,10H2,1H3,(H,19,21). The van der Waals surface area contributed by atoms with Gasteiger partial charge in [0.1, 0.15) is 0 Å². The highest BCUT2D eigenvalue weighted by molar-refractivity contribution is 6.30. The van der Waals surface area contributed by atoms with Crippen LogP contribution in [0.3, 0.4) is 0 Å². The summed E-state index contributed by atoms with van der Waals surface area (Å²) in [5.41, 5.74) is 4.56. The molecule has 0 radical (unpaired) electrons. The number of amides is 1. The zero-order chi connectivity index (χ0) is 16.8. The fourth-order valence-corrected chi connectivity index (χ4v) is 1.99. The second-order valence-corrected chi connectivity index (χ2v) is 5.28. The van der Waals surface area contributed by atoms with Crippen molar-refractivity contribution in [1.82, 2.24) is 5.43 Å². The van der Waals surface area contributed by atoms with Gasteiger partial charge < -0.3 is 0 Å². The van der Waals surface area contributed by atoms with Crippen molar-refractivity contribution in [3.8, 4) is 0 Å². The molecule has 2 aromatic carbocycles. The van der Waals surface area contributed by atoms with Gasteiger partial charge in [0.15, 0.2) is 0 Å². The predicted molar refractivity (Wildman–Crippen MR) is 88.6 cm³/mol. The molecular weight excluding hydrogens is 318 g/mol. The van der Waals surface area contributed by atoms with Crippen molar-refractivity contribution in [1.29, 1.82) is 0 Å². The molecule has 0 spiro atoms. The summed E-state index contributed by atoms with van der Waals surface area (Å²) in [6.07, 6.45) is 0.189. The van der Waals surface area contributed by atoms with Crippen molar-refractivity contribution in [2.24, 2.45) is 5.10 Å². The SMILES string of the molecule is CC(=NNC(=O)Cc1ccc(Cl)cc1)c1ccc([N+](=O)[O-])cc1. The number of hydrogen-bond acceptors (Lipinski definition) is 4. The maximum atomic E-state index is 11.8. The van der Waals surface area contributed by atoms with E-state index in [1.54, 1.807) is 43.3 Å². The van der Waals surface area contributed by atoms with Gasteiger partial charge in [-0.3, -0.25) is 14.9 Å². The van der Waals surface area contributed by atoms with Gasteiger partial charge in [0.25, 0.3) is 5.69 Å². The van der Waals surface area contributed by atoms with Gasteiger partial charge in [0.2, 0.25) is 5.91 Å². The van der Waals surface area contributed by atoms with E-state index >= 15 is 0 Å². The van der Waals surface area contributed by atoms with E-state index in [4.69, 9.17) is 11.6 Å². The van der Waals surface area contributed by atoms with Crippen molar-refractivity contribution in [3.63, 3.8) is 0 Å². The minimum absolute atomic E-state index is 0.00771. The van der Waals surface area contributed by atoms with Crippen LogP contribution in [0.15, 0.2) is 53.6 Å². The van der Waals surface area contributed by atoms with E-state index in [0.717, 1.165) is 5.56 Å². The molecule has 2 rings (SSSR count). The van der Waals surface area contributed by atoms with Gasteiger partial charge in [-0.2, -0.15) is 5.10 Å². The number of nitro benzene ring substituents is 1. The molecule has 0 unspecified atom stereocenters. The molecule has 2 aromatic rings. The molecule has 0 aliphatic rings. The smallest absolute Gasteiger partial charge is 0.269 e. The molecule has 0 heterocycles. The van der Waals surface area contributed by atoms with Crippen molar-refractivity contribution in [2.45, 2.75) is 13.3 Å². The molecule has 0 fully saturated rings. The molecular formula is C16H14ClN3O3. The van der Waals surface area contributed by atoms with Crippen LogP contribution in [-0.2, 0) is 11.2 Å². The number of carbonyl (C=O) groups is 1. The second kappa shape index (κ2) is 7.51. The quantitative estimate of drug-likeness (QED) is 0.518. The third-order valence-corrected chi connectivity index (χ3v) is 3.37.